The quantitative estimate of drug-likeness (QED) is 0.525. The summed E-state index contributed by atoms with van der Waals surface area (Å²) in [4.78, 5) is 11.9. The number of nitrogens with one attached hydrogen (secondary N) is 1. The summed E-state index contributed by atoms with van der Waals surface area (Å²) in [7, 11) is 1.62. The Morgan fingerprint density at radius 3 is 2.92 bits per heavy atom. The third kappa shape index (κ3) is 4.32. The Labute approximate surface area is 151 Å². The van der Waals surface area contributed by atoms with Gasteiger partial charge in [-0.05, 0) is 30.4 Å². The molecule has 132 valence electrons. The van der Waals surface area contributed by atoms with Gasteiger partial charge in [0.05, 0.1) is 19.2 Å². The number of aryl methyl sites for hydroxylation is 1. The first-order chi connectivity index (χ1) is 12.8. The van der Waals surface area contributed by atoms with E-state index in [2.05, 4.69) is 20.8 Å². The predicted molar refractivity (Wildman–Crippen MR) is 101 cm³/mol. The highest BCUT2D eigenvalue weighted by atomic mass is 16.5. The number of ether oxygens (including phenoxy) is 1. The van der Waals surface area contributed by atoms with Crippen LogP contribution in [0.4, 0.5) is 0 Å². The van der Waals surface area contributed by atoms with E-state index in [1.807, 2.05) is 54.6 Å². The zero-order valence-electron chi connectivity index (χ0n) is 14.4. The standard InChI is InChI=1S/C19H19N5O2/c1-26-18-11-5-2-7-15(18)8-6-13-20-22-19(25)12-14-24-17-10-4-3-9-16(17)21-23-24/h2-11,13H,12,14H2,1H3,(H,22,25)/b8-6+,20-13?. The lowest BCUT2D eigenvalue weighted by Gasteiger charge is -2.02. The van der Waals surface area contributed by atoms with E-state index in [0.29, 0.717) is 6.54 Å². The number of aromatic nitrogens is 3. The van der Waals surface area contributed by atoms with Crippen molar-refractivity contribution in [1.82, 2.24) is 20.4 Å². The summed E-state index contributed by atoms with van der Waals surface area (Å²) in [6.45, 7) is 0.443. The Balaban J connectivity index is 1.48. The predicted octanol–water partition coefficient (Wildman–Crippen LogP) is 2.65. The van der Waals surface area contributed by atoms with Crippen molar-refractivity contribution in [2.75, 3.05) is 7.11 Å². The van der Waals surface area contributed by atoms with Gasteiger partial charge in [-0.3, -0.25) is 4.79 Å². The van der Waals surface area contributed by atoms with Crippen molar-refractivity contribution >= 4 is 29.2 Å². The Morgan fingerprint density at radius 2 is 2.04 bits per heavy atom. The summed E-state index contributed by atoms with van der Waals surface area (Å²) in [6, 6.07) is 15.3. The van der Waals surface area contributed by atoms with Crippen LogP contribution in [0.3, 0.4) is 0 Å². The highest BCUT2D eigenvalue weighted by Crippen LogP contribution is 2.18. The van der Waals surface area contributed by atoms with E-state index in [0.717, 1.165) is 22.3 Å². The zero-order valence-corrected chi connectivity index (χ0v) is 14.4. The molecule has 2 aromatic carbocycles. The number of fused-ring (bicyclic) bond motifs is 1. The van der Waals surface area contributed by atoms with Gasteiger partial charge >= 0.3 is 0 Å². The van der Waals surface area contributed by atoms with Gasteiger partial charge in [-0.15, -0.1) is 5.10 Å². The maximum Gasteiger partial charge on any atom is 0.241 e. The van der Waals surface area contributed by atoms with Gasteiger partial charge in [-0.1, -0.05) is 35.5 Å². The normalized spacial score (nSPS) is 11.4. The average molecular weight is 349 g/mol. The number of carbonyl (C=O) groups is 1. The van der Waals surface area contributed by atoms with Crippen molar-refractivity contribution in [1.29, 1.82) is 0 Å². The number of benzene rings is 2. The molecule has 0 radical (unpaired) electrons. The van der Waals surface area contributed by atoms with E-state index in [-0.39, 0.29) is 12.3 Å². The molecule has 0 unspecified atom stereocenters. The van der Waals surface area contributed by atoms with Gasteiger partial charge in [0.25, 0.3) is 0 Å². The van der Waals surface area contributed by atoms with Crippen LogP contribution in [0.25, 0.3) is 17.1 Å². The lowest BCUT2D eigenvalue weighted by atomic mass is 10.2. The molecule has 0 atom stereocenters. The number of allylic oxidation sites excluding steroid dienone is 1. The van der Waals surface area contributed by atoms with Crippen LogP contribution >= 0.6 is 0 Å². The van der Waals surface area contributed by atoms with Crippen molar-refractivity contribution in [2.24, 2.45) is 5.10 Å². The van der Waals surface area contributed by atoms with Gasteiger partial charge < -0.3 is 4.74 Å². The SMILES string of the molecule is COc1ccccc1/C=C/C=NNC(=O)CCn1nnc2ccccc21. The summed E-state index contributed by atoms with van der Waals surface area (Å²) in [5.41, 5.74) is 5.15. The molecule has 0 fully saturated rings. The summed E-state index contributed by atoms with van der Waals surface area (Å²) < 4.78 is 6.97. The molecular weight excluding hydrogens is 330 g/mol. The highest BCUT2D eigenvalue weighted by Gasteiger charge is 2.05. The molecule has 0 saturated heterocycles. The van der Waals surface area contributed by atoms with E-state index >= 15 is 0 Å². The average Bonchev–Trinajstić information content (AvgIpc) is 3.09. The molecule has 0 aliphatic carbocycles. The van der Waals surface area contributed by atoms with Crippen LogP contribution in [0.15, 0.2) is 59.7 Å². The number of hydrazone groups is 1. The fourth-order valence-electron chi connectivity index (χ4n) is 2.45. The number of hydrogen-bond acceptors (Lipinski definition) is 5. The van der Waals surface area contributed by atoms with E-state index in [4.69, 9.17) is 4.74 Å². The third-order valence-electron chi connectivity index (χ3n) is 3.74. The van der Waals surface area contributed by atoms with E-state index < -0.39 is 0 Å². The number of hydrogen-bond donors (Lipinski definition) is 1. The Hall–Kier alpha value is -3.48. The molecule has 1 heterocycles. The first-order valence-corrected chi connectivity index (χ1v) is 8.18. The number of rotatable bonds is 7. The molecule has 0 saturated carbocycles. The molecule has 7 nitrogen and oxygen atoms in total. The molecule has 3 aromatic rings. The van der Waals surface area contributed by atoms with Crippen LogP contribution in [0.1, 0.15) is 12.0 Å². The van der Waals surface area contributed by atoms with Crippen LogP contribution in [-0.2, 0) is 11.3 Å². The zero-order chi connectivity index (χ0) is 18.2. The molecule has 0 spiro atoms. The minimum atomic E-state index is -0.188. The number of amides is 1. The minimum absolute atomic E-state index is 0.188. The Bertz CT molecular complexity index is 946. The molecule has 3 rings (SSSR count). The van der Waals surface area contributed by atoms with Crippen molar-refractivity contribution in [2.45, 2.75) is 13.0 Å². The molecule has 1 N–H and O–H groups in total. The highest BCUT2D eigenvalue weighted by molar-refractivity contribution is 5.82. The van der Waals surface area contributed by atoms with Crippen LogP contribution in [-0.4, -0.2) is 34.2 Å². The molecule has 0 aliphatic heterocycles. The Kier molecular flexibility index (Phi) is 5.72. The monoisotopic (exact) mass is 349 g/mol. The lowest BCUT2D eigenvalue weighted by molar-refractivity contribution is -0.121. The smallest absolute Gasteiger partial charge is 0.241 e. The summed E-state index contributed by atoms with van der Waals surface area (Å²) in [5, 5.41) is 12.0. The number of nitrogens with zero attached hydrogens (tertiary/aromatic N) is 4. The number of carbonyl (C=O) groups excluding carboxylic acids is 1. The first-order valence-electron chi connectivity index (χ1n) is 8.18. The lowest BCUT2D eigenvalue weighted by Crippen LogP contribution is -2.19. The van der Waals surface area contributed by atoms with Crippen molar-refractivity contribution in [3.05, 3.63) is 60.2 Å². The molecule has 0 bridgehead atoms. The second-order valence-corrected chi connectivity index (χ2v) is 5.47. The largest absolute Gasteiger partial charge is 0.496 e. The third-order valence-corrected chi connectivity index (χ3v) is 3.74. The van der Waals surface area contributed by atoms with Crippen molar-refractivity contribution in [3.63, 3.8) is 0 Å². The van der Waals surface area contributed by atoms with Gasteiger partial charge in [0.2, 0.25) is 5.91 Å². The van der Waals surface area contributed by atoms with Crippen LogP contribution in [0, 0.1) is 0 Å². The van der Waals surface area contributed by atoms with Gasteiger partial charge in [0.1, 0.15) is 11.3 Å². The van der Waals surface area contributed by atoms with Crippen LogP contribution in [0.2, 0.25) is 0 Å². The minimum Gasteiger partial charge on any atom is -0.496 e. The summed E-state index contributed by atoms with van der Waals surface area (Å²) >= 11 is 0. The van der Waals surface area contributed by atoms with Gasteiger partial charge in [-0.2, -0.15) is 5.10 Å². The first kappa shape index (κ1) is 17.3. The molecular formula is C19H19N5O2. The second kappa shape index (κ2) is 8.57. The topological polar surface area (TPSA) is 81.4 Å². The van der Waals surface area contributed by atoms with Gasteiger partial charge in [0.15, 0.2) is 0 Å². The summed E-state index contributed by atoms with van der Waals surface area (Å²) in [6.07, 6.45) is 5.38. The van der Waals surface area contributed by atoms with E-state index in [1.165, 1.54) is 6.21 Å². The Morgan fingerprint density at radius 1 is 1.23 bits per heavy atom. The van der Waals surface area contributed by atoms with Crippen molar-refractivity contribution < 1.29 is 9.53 Å². The molecule has 7 heteroatoms. The fraction of sp³-hybridized carbons (Fsp3) is 0.158. The second-order valence-electron chi connectivity index (χ2n) is 5.47. The molecule has 1 aromatic heterocycles. The van der Waals surface area contributed by atoms with E-state index in [9.17, 15) is 4.79 Å². The number of para-hydroxylation sites is 2. The molecule has 1 amide bonds. The molecule has 0 aliphatic rings. The van der Waals surface area contributed by atoms with Gasteiger partial charge in [-0.25, -0.2) is 10.1 Å². The fourth-order valence-corrected chi connectivity index (χ4v) is 2.45. The number of methoxy groups -OCH3 is 1. The van der Waals surface area contributed by atoms with Gasteiger partial charge in [0, 0.05) is 18.2 Å². The maximum atomic E-state index is 11.9. The van der Waals surface area contributed by atoms with Crippen LogP contribution in [0.5, 0.6) is 5.75 Å². The van der Waals surface area contributed by atoms with E-state index in [1.54, 1.807) is 17.9 Å². The maximum absolute atomic E-state index is 11.9. The van der Waals surface area contributed by atoms with Crippen molar-refractivity contribution in [3.8, 4) is 5.75 Å². The molecule has 26 heavy (non-hydrogen) atoms. The summed E-state index contributed by atoms with van der Waals surface area (Å²) in [5.74, 6) is 0.591. The van der Waals surface area contributed by atoms with Crippen LogP contribution < -0.4 is 10.2 Å².